The highest BCUT2D eigenvalue weighted by atomic mass is 35.5. The Morgan fingerprint density at radius 2 is 2.06 bits per heavy atom. The summed E-state index contributed by atoms with van der Waals surface area (Å²) in [5.74, 6) is 0.0253. The van der Waals surface area contributed by atoms with E-state index in [1.807, 2.05) is 0 Å². The molecule has 3 N–H and O–H groups in total. The predicted molar refractivity (Wildman–Crippen MR) is 76.0 cm³/mol. The zero-order chi connectivity index (χ0) is 12.9. The summed E-state index contributed by atoms with van der Waals surface area (Å²) in [7, 11) is 0. The van der Waals surface area contributed by atoms with Crippen molar-refractivity contribution < 1.29 is 9.90 Å². The molecule has 108 valence electrons. The minimum absolute atomic E-state index is 0. The lowest BCUT2D eigenvalue weighted by Gasteiger charge is -2.17. The summed E-state index contributed by atoms with van der Waals surface area (Å²) in [5.41, 5.74) is 0.376. The number of hydrogen-bond acceptors (Lipinski definition) is 3. The maximum Gasteiger partial charge on any atom is 0.237 e. The fourth-order valence-electron chi connectivity index (χ4n) is 2.03. The van der Waals surface area contributed by atoms with Crippen molar-refractivity contribution in [1.29, 1.82) is 0 Å². The highest BCUT2D eigenvalue weighted by Crippen LogP contribution is 2.21. The first kappa shape index (κ1) is 17.7. The first-order valence-corrected chi connectivity index (χ1v) is 6.58. The first-order valence-electron chi connectivity index (χ1n) is 6.58. The van der Waals surface area contributed by atoms with Crippen molar-refractivity contribution in [1.82, 2.24) is 10.6 Å². The summed E-state index contributed by atoms with van der Waals surface area (Å²) in [6, 6.07) is -0.201. The molecule has 5 heteroatoms. The number of nitrogens with one attached hydrogen (secondary N) is 2. The molecule has 1 amide bonds. The fraction of sp³-hybridized carbons (Fsp3) is 0.923. The van der Waals surface area contributed by atoms with E-state index in [-0.39, 0.29) is 30.5 Å². The molecule has 2 unspecified atom stereocenters. The van der Waals surface area contributed by atoms with Gasteiger partial charge in [0.15, 0.2) is 0 Å². The Morgan fingerprint density at radius 1 is 1.39 bits per heavy atom. The standard InChI is InChI=1S/C13H26N2O2.ClH/c1-13(2,3)6-4-5-7-14-12(17)11-8-10(16)9-15-11;/h10-11,15-16H,4-9H2,1-3H3,(H,14,17);1H. The molecule has 1 saturated heterocycles. The van der Waals surface area contributed by atoms with Gasteiger partial charge in [0.05, 0.1) is 12.1 Å². The highest BCUT2D eigenvalue weighted by Gasteiger charge is 2.27. The van der Waals surface area contributed by atoms with Crippen molar-refractivity contribution >= 4 is 18.3 Å². The Balaban J connectivity index is 0.00000289. The quantitative estimate of drug-likeness (QED) is 0.668. The van der Waals surface area contributed by atoms with Crippen molar-refractivity contribution in [2.24, 2.45) is 5.41 Å². The number of carbonyl (C=O) groups is 1. The fourth-order valence-corrected chi connectivity index (χ4v) is 2.03. The number of carbonyl (C=O) groups excluding carboxylic acids is 1. The molecule has 0 radical (unpaired) electrons. The van der Waals surface area contributed by atoms with E-state index in [0.29, 0.717) is 18.4 Å². The van der Waals surface area contributed by atoms with Gasteiger partial charge in [0.2, 0.25) is 5.91 Å². The largest absolute Gasteiger partial charge is 0.392 e. The lowest BCUT2D eigenvalue weighted by Crippen LogP contribution is -2.40. The molecular weight excluding hydrogens is 252 g/mol. The molecule has 0 saturated carbocycles. The van der Waals surface area contributed by atoms with Gasteiger partial charge in [-0.25, -0.2) is 0 Å². The molecule has 1 heterocycles. The Kier molecular flexibility index (Phi) is 7.83. The third-order valence-electron chi connectivity index (χ3n) is 3.08. The van der Waals surface area contributed by atoms with E-state index in [4.69, 9.17) is 0 Å². The second-order valence-electron chi connectivity index (χ2n) is 6.16. The van der Waals surface area contributed by atoms with Crippen molar-refractivity contribution in [2.75, 3.05) is 13.1 Å². The molecule has 0 bridgehead atoms. The average Bonchev–Trinajstić information content (AvgIpc) is 2.62. The number of unbranched alkanes of at least 4 members (excludes halogenated alkanes) is 1. The van der Waals surface area contributed by atoms with Gasteiger partial charge in [-0.3, -0.25) is 4.79 Å². The van der Waals surface area contributed by atoms with Gasteiger partial charge in [0, 0.05) is 13.1 Å². The van der Waals surface area contributed by atoms with E-state index < -0.39 is 0 Å². The van der Waals surface area contributed by atoms with E-state index in [2.05, 4.69) is 31.4 Å². The minimum atomic E-state index is -0.369. The van der Waals surface area contributed by atoms with Crippen LogP contribution in [0.2, 0.25) is 0 Å². The van der Waals surface area contributed by atoms with Crippen LogP contribution in [0.5, 0.6) is 0 Å². The summed E-state index contributed by atoms with van der Waals surface area (Å²) in [4.78, 5) is 11.7. The number of aliphatic hydroxyl groups is 1. The van der Waals surface area contributed by atoms with Crippen LogP contribution in [0.1, 0.15) is 46.5 Å². The number of amides is 1. The zero-order valence-corrected chi connectivity index (χ0v) is 12.5. The summed E-state index contributed by atoms with van der Waals surface area (Å²) in [6.45, 7) is 7.96. The molecule has 1 fully saturated rings. The van der Waals surface area contributed by atoms with Crippen LogP contribution in [-0.4, -0.2) is 36.2 Å². The van der Waals surface area contributed by atoms with Crippen LogP contribution in [0, 0.1) is 5.41 Å². The summed E-state index contributed by atoms with van der Waals surface area (Å²) in [6.07, 6.45) is 3.52. The smallest absolute Gasteiger partial charge is 0.237 e. The van der Waals surface area contributed by atoms with Gasteiger partial charge < -0.3 is 15.7 Å². The van der Waals surface area contributed by atoms with E-state index in [0.717, 1.165) is 19.4 Å². The van der Waals surface area contributed by atoms with E-state index in [9.17, 15) is 9.90 Å². The van der Waals surface area contributed by atoms with Gasteiger partial charge in [-0.05, 0) is 24.7 Å². The molecule has 1 aliphatic heterocycles. The Bertz CT molecular complexity index is 254. The minimum Gasteiger partial charge on any atom is -0.392 e. The molecule has 0 aromatic heterocycles. The van der Waals surface area contributed by atoms with Crippen LogP contribution >= 0.6 is 12.4 Å². The number of rotatable bonds is 5. The summed E-state index contributed by atoms with van der Waals surface area (Å²) in [5, 5.41) is 15.2. The second-order valence-corrected chi connectivity index (χ2v) is 6.16. The molecule has 2 atom stereocenters. The van der Waals surface area contributed by atoms with Crippen molar-refractivity contribution in [2.45, 2.75) is 58.6 Å². The lowest BCUT2D eigenvalue weighted by molar-refractivity contribution is -0.122. The molecular formula is C13H27ClN2O2. The Labute approximate surface area is 116 Å². The molecule has 0 aliphatic carbocycles. The molecule has 1 rings (SSSR count). The number of aliphatic hydroxyl groups excluding tert-OH is 1. The van der Waals surface area contributed by atoms with Crippen LogP contribution in [0.15, 0.2) is 0 Å². The molecule has 0 spiro atoms. The maximum absolute atomic E-state index is 11.7. The number of halogens is 1. The SMILES string of the molecule is CC(C)(C)CCCCNC(=O)C1CC(O)CN1.Cl. The monoisotopic (exact) mass is 278 g/mol. The molecule has 1 aliphatic rings. The third kappa shape index (κ3) is 7.19. The molecule has 4 nitrogen and oxygen atoms in total. The van der Waals surface area contributed by atoms with Gasteiger partial charge in [-0.2, -0.15) is 0 Å². The maximum atomic E-state index is 11.7. The average molecular weight is 279 g/mol. The number of hydrogen-bond donors (Lipinski definition) is 3. The van der Waals surface area contributed by atoms with Crippen LogP contribution in [0.3, 0.4) is 0 Å². The predicted octanol–water partition coefficient (Wildman–Crippen LogP) is 1.46. The lowest BCUT2D eigenvalue weighted by atomic mass is 9.90. The summed E-state index contributed by atoms with van der Waals surface area (Å²) < 4.78 is 0. The van der Waals surface area contributed by atoms with E-state index in [1.54, 1.807) is 0 Å². The summed E-state index contributed by atoms with van der Waals surface area (Å²) >= 11 is 0. The van der Waals surface area contributed by atoms with Gasteiger partial charge in [0.1, 0.15) is 0 Å². The first-order chi connectivity index (χ1) is 7.88. The van der Waals surface area contributed by atoms with Crippen LogP contribution in [0.4, 0.5) is 0 Å². The molecule has 0 aromatic carbocycles. The molecule has 18 heavy (non-hydrogen) atoms. The van der Waals surface area contributed by atoms with Crippen LogP contribution < -0.4 is 10.6 Å². The molecule has 0 aromatic rings. The normalized spacial score (nSPS) is 23.6. The van der Waals surface area contributed by atoms with Crippen molar-refractivity contribution in [3.8, 4) is 0 Å². The van der Waals surface area contributed by atoms with Gasteiger partial charge >= 0.3 is 0 Å². The van der Waals surface area contributed by atoms with Gasteiger partial charge in [-0.15, -0.1) is 12.4 Å². The third-order valence-corrected chi connectivity index (χ3v) is 3.08. The van der Waals surface area contributed by atoms with Crippen LogP contribution in [0.25, 0.3) is 0 Å². The second kappa shape index (κ2) is 7.97. The van der Waals surface area contributed by atoms with Gasteiger partial charge in [0.25, 0.3) is 0 Å². The highest BCUT2D eigenvalue weighted by molar-refractivity contribution is 5.85. The Hall–Kier alpha value is -0.320. The van der Waals surface area contributed by atoms with E-state index in [1.165, 1.54) is 6.42 Å². The Morgan fingerprint density at radius 3 is 2.56 bits per heavy atom. The van der Waals surface area contributed by atoms with E-state index >= 15 is 0 Å². The van der Waals surface area contributed by atoms with Crippen LogP contribution in [-0.2, 0) is 4.79 Å². The topological polar surface area (TPSA) is 61.4 Å². The number of β-amino-alcohol motifs (C(OH)–C–C–N with tert-alkyl or cyclic N) is 1. The zero-order valence-electron chi connectivity index (χ0n) is 11.7. The van der Waals surface area contributed by atoms with Gasteiger partial charge in [-0.1, -0.05) is 27.2 Å². The van der Waals surface area contributed by atoms with Crippen molar-refractivity contribution in [3.63, 3.8) is 0 Å². The van der Waals surface area contributed by atoms with Crippen molar-refractivity contribution in [3.05, 3.63) is 0 Å².